The van der Waals surface area contributed by atoms with Crippen LogP contribution in [-0.2, 0) is 14.3 Å². The average Bonchev–Trinajstić information content (AvgIpc) is 2.48. The van der Waals surface area contributed by atoms with Gasteiger partial charge in [-0.3, -0.25) is 0 Å². The van der Waals surface area contributed by atoms with Gasteiger partial charge in [-0.1, -0.05) is 20.4 Å². The minimum Gasteiger partial charge on any atom is -0.477 e. The number of nitrogens with zero attached hydrogens (tertiary/aromatic N) is 2. The summed E-state index contributed by atoms with van der Waals surface area (Å²) in [4.78, 5) is 29.0. The molecular formula is C19H34N2O5. The lowest BCUT2D eigenvalue weighted by molar-refractivity contribution is -0.132. The summed E-state index contributed by atoms with van der Waals surface area (Å²) in [5, 5.41) is 8.96. The van der Waals surface area contributed by atoms with Crippen molar-refractivity contribution in [1.82, 2.24) is 4.90 Å². The summed E-state index contributed by atoms with van der Waals surface area (Å²) in [7, 11) is 1.70. The van der Waals surface area contributed by atoms with E-state index >= 15 is 0 Å². The third-order valence-electron chi connectivity index (χ3n) is 3.80. The van der Waals surface area contributed by atoms with Gasteiger partial charge in [-0.25, -0.2) is 14.6 Å². The first kappa shape index (κ1) is 24.1. The highest BCUT2D eigenvalue weighted by molar-refractivity contribution is 5.93. The van der Waals surface area contributed by atoms with Crippen molar-refractivity contribution in [1.29, 1.82) is 0 Å². The Morgan fingerprint density at radius 2 is 1.81 bits per heavy atom. The van der Waals surface area contributed by atoms with E-state index in [0.29, 0.717) is 18.7 Å². The van der Waals surface area contributed by atoms with Gasteiger partial charge in [-0.2, -0.15) is 0 Å². The third-order valence-corrected chi connectivity index (χ3v) is 3.80. The molecule has 7 heteroatoms. The number of hydrogen-bond acceptors (Lipinski definition) is 5. The van der Waals surface area contributed by atoms with E-state index in [1.54, 1.807) is 18.9 Å². The molecule has 0 radical (unpaired) electrons. The summed E-state index contributed by atoms with van der Waals surface area (Å²) in [6.07, 6.45) is -0.354. The molecular weight excluding hydrogens is 336 g/mol. The zero-order chi connectivity index (χ0) is 20.7. The second kappa shape index (κ2) is 10.3. The van der Waals surface area contributed by atoms with Gasteiger partial charge in [-0.05, 0) is 47.0 Å². The smallest absolute Gasteiger partial charge is 0.410 e. The van der Waals surface area contributed by atoms with Crippen LogP contribution >= 0.6 is 0 Å². The standard InChI is InChI=1S/C19H34N2O5/c1-10-25-16(13(4)20-14(5)17(22)23)11-15(12(2)3)21(9)18(24)26-19(6,7)8/h12,15-16H,5,10-11H2,1-4,6-9H3,(H,22,23)/t15-,16-/m0/s1. The predicted molar refractivity (Wildman–Crippen MR) is 103 cm³/mol. The van der Waals surface area contributed by atoms with Gasteiger partial charge in [0.2, 0.25) is 0 Å². The number of carbonyl (C=O) groups excluding carboxylic acids is 1. The van der Waals surface area contributed by atoms with Crippen molar-refractivity contribution in [2.75, 3.05) is 13.7 Å². The molecule has 1 N–H and O–H groups in total. The van der Waals surface area contributed by atoms with Crippen molar-refractivity contribution in [3.05, 3.63) is 12.3 Å². The first-order valence-electron chi connectivity index (χ1n) is 8.84. The van der Waals surface area contributed by atoms with Crippen LogP contribution in [0.4, 0.5) is 4.79 Å². The Morgan fingerprint density at radius 3 is 2.19 bits per heavy atom. The minimum atomic E-state index is -1.18. The summed E-state index contributed by atoms with van der Waals surface area (Å²) in [5.41, 5.74) is -0.306. The lowest BCUT2D eigenvalue weighted by Crippen LogP contribution is -2.46. The maximum absolute atomic E-state index is 12.4. The number of aliphatic carboxylic acids is 1. The van der Waals surface area contributed by atoms with Crippen molar-refractivity contribution in [2.24, 2.45) is 10.9 Å². The Balaban J connectivity index is 5.42. The van der Waals surface area contributed by atoms with E-state index in [-0.39, 0.29) is 17.7 Å². The molecule has 0 aliphatic carbocycles. The molecule has 0 fully saturated rings. The zero-order valence-electron chi connectivity index (χ0n) is 17.3. The predicted octanol–water partition coefficient (Wildman–Crippen LogP) is 3.73. The van der Waals surface area contributed by atoms with Crippen LogP contribution in [0.5, 0.6) is 0 Å². The second-order valence-electron chi connectivity index (χ2n) is 7.59. The Kier molecular flexibility index (Phi) is 9.56. The fourth-order valence-corrected chi connectivity index (χ4v) is 2.46. The van der Waals surface area contributed by atoms with E-state index in [9.17, 15) is 9.59 Å². The molecule has 2 atom stereocenters. The first-order chi connectivity index (χ1) is 11.8. The Hall–Kier alpha value is -1.89. The number of amides is 1. The SMILES string of the molecule is C=C(N=C(C)[C@H](C[C@@H](C(C)C)N(C)C(=O)OC(C)(C)C)OCC)C(=O)O. The summed E-state index contributed by atoms with van der Waals surface area (Å²) in [5.74, 6) is -1.03. The van der Waals surface area contributed by atoms with Crippen LogP contribution in [0.1, 0.15) is 54.9 Å². The summed E-state index contributed by atoms with van der Waals surface area (Å²) in [6.45, 7) is 16.9. The number of carboxylic acid groups (broad SMARTS) is 1. The molecule has 0 unspecified atom stereocenters. The van der Waals surface area contributed by atoms with E-state index in [4.69, 9.17) is 14.6 Å². The molecule has 0 saturated heterocycles. The average molecular weight is 370 g/mol. The number of aliphatic imine (C=N–C) groups is 1. The monoisotopic (exact) mass is 370 g/mol. The molecule has 0 aromatic rings. The van der Waals surface area contributed by atoms with Crippen molar-refractivity contribution in [2.45, 2.75) is 72.6 Å². The van der Waals surface area contributed by atoms with E-state index in [1.807, 2.05) is 41.5 Å². The summed E-state index contributed by atoms with van der Waals surface area (Å²) < 4.78 is 11.2. The van der Waals surface area contributed by atoms with Crippen LogP contribution in [0.15, 0.2) is 17.3 Å². The minimum absolute atomic E-state index is 0.144. The number of rotatable bonds is 9. The zero-order valence-corrected chi connectivity index (χ0v) is 17.3. The molecule has 0 aliphatic heterocycles. The molecule has 0 aliphatic rings. The number of ether oxygens (including phenoxy) is 2. The van der Waals surface area contributed by atoms with E-state index in [0.717, 1.165) is 0 Å². The van der Waals surface area contributed by atoms with Gasteiger partial charge in [0, 0.05) is 25.4 Å². The topological polar surface area (TPSA) is 88.4 Å². The van der Waals surface area contributed by atoms with Crippen molar-refractivity contribution in [3.8, 4) is 0 Å². The molecule has 1 amide bonds. The first-order valence-corrected chi connectivity index (χ1v) is 8.84. The molecule has 0 heterocycles. The highest BCUT2D eigenvalue weighted by atomic mass is 16.6. The van der Waals surface area contributed by atoms with E-state index in [1.165, 1.54) is 0 Å². The van der Waals surface area contributed by atoms with Gasteiger partial charge in [0.1, 0.15) is 11.3 Å². The van der Waals surface area contributed by atoms with Crippen LogP contribution in [0.25, 0.3) is 0 Å². The summed E-state index contributed by atoms with van der Waals surface area (Å²) >= 11 is 0. The molecule has 150 valence electrons. The van der Waals surface area contributed by atoms with Crippen LogP contribution in [0.3, 0.4) is 0 Å². The normalized spacial score (nSPS) is 14.7. The van der Waals surface area contributed by atoms with Crippen molar-refractivity contribution >= 4 is 17.8 Å². The fraction of sp³-hybridized carbons (Fsp3) is 0.737. The van der Waals surface area contributed by atoms with Crippen molar-refractivity contribution in [3.63, 3.8) is 0 Å². The van der Waals surface area contributed by atoms with Gasteiger partial charge in [0.15, 0.2) is 0 Å². The molecule has 0 spiro atoms. The van der Waals surface area contributed by atoms with Gasteiger partial charge < -0.3 is 19.5 Å². The number of hydrogen-bond donors (Lipinski definition) is 1. The van der Waals surface area contributed by atoms with Crippen molar-refractivity contribution < 1.29 is 24.2 Å². The van der Waals surface area contributed by atoms with Gasteiger partial charge in [-0.15, -0.1) is 0 Å². The molecule has 0 saturated carbocycles. The quantitative estimate of drug-likeness (QED) is 0.493. The third kappa shape index (κ3) is 8.47. The van der Waals surface area contributed by atoms with Crippen LogP contribution in [0, 0.1) is 5.92 Å². The molecule has 0 aromatic carbocycles. The van der Waals surface area contributed by atoms with Crippen LogP contribution in [0.2, 0.25) is 0 Å². The summed E-state index contributed by atoms with van der Waals surface area (Å²) in [6, 6.07) is -0.162. The van der Waals surface area contributed by atoms with Gasteiger partial charge >= 0.3 is 12.1 Å². The number of carboxylic acids is 1. The second-order valence-corrected chi connectivity index (χ2v) is 7.59. The Labute approximate surface area is 157 Å². The molecule has 0 bridgehead atoms. The maximum Gasteiger partial charge on any atom is 0.410 e. The largest absolute Gasteiger partial charge is 0.477 e. The lowest BCUT2D eigenvalue weighted by Gasteiger charge is -2.35. The highest BCUT2D eigenvalue weighted by Gasteiger charge is 2.30. The van der Waals surface area contributed by atoms with Gasteiger partial charge in [0.25, 0.3) is 0 Å². The number of carbonyl (C=O) groups is 2. The van der Waals surface area contributed by atoms with E-state index < -0.39 is 23.8 Å². The highest BCUT2D eigenvalue weighted by Crippen LogP contribution is 2.21. The molecule has 0 rings (SSSR count). The molecule has 0 aromatic heterocycles. The maximum atomic E-state index is 12.4. The lowest BCUT2D eigenvalue weighted by atomic mass is 9.95. The van der Waals surface area contributed by atoms with Gasteiger partial charge in [0.05, 0.1) is 6.10 Å². The Bertz CT molecular complexity index is 535. The Morgan fingerprint density at radius 1 is 1.27 bits per heavy atom. The van der Waals surface area contributed by atoms with Crippen LogP contribution < -0.4 is 0 Å². The van der Waals surface area contributed by atoms with Crippen LogP contribution in [-0.4, -0.2) is 59.2 Å². The van der Waals surface area contributed by atoms with E-state index in [2.05, 4.69) is 11.6 Å². The fourth-order valence-electron chi connectivity index (χ4n) is 2.46. The molecule has 7 nitrogen and oxygen atoms in total. The molecule has 26 heavy (non-hydrogen) atoms.